The molecule has 9 heteroatoms. The van der Waals surface area contributed by atoms with E-state index in [1.54, 1.807) is 37.3 Å². The summed E-state index contributed by atoms with van der Waals surface area (Å²) in [6, 6.07) is 11.3. The average Bonchev–Trinajstić information content (AvgIpc) is 2.71. The summed E-state index contributed by atoms with van der Waals surface area (Å²) in [6.45, 7) is 1.70. The van der Waals surface area contributed by atoms with Crippen LogP contribution in [-0.2, 0) is 32.0 Å². The van der Waals surface area contributed by atoms with Crippen molar-refractivity contribution in [1.82, 2.24) is 5.48 Å². The van der Waals surface area contributed by atoms with Gasteiger partial charge in [-0.05, 0) is 30.2 Å². The third-order valence-corrected chi connectivity index (χ3v) is 4.04. The highest BCUT2D eigenvalue weighted by Crippen LogP contribution is 2.30. The number of benzene rings is 2. The monoisotopic (exact) mass is 410 g/mol. The summed E-state index contributed by atoms with van der Waals surface area (Å²) in [5, 5.41) is 3.71. The number of carbonyl (C=O) groups excluding carboxylic acids is 1. The molecule has 0 aliphatic carbocycles. The number of alkyl halides is 3. The van der Waals surface area contributed by atoms with E-state index in [0.717, 1.165) is 12.1 Å². The maximum absolute atomic E-state index is 12.9. The van der Waals surface area contributed by atoms with E-state index in [-0.39, 0.29) is 12.3 Å². The normalized spacial score (nSPS) is 13.1. The molecule has 0 amide bonds. The van der Waals surface area contributed by atoms with Crippen LogP contribution in [-0.4, -0.2) is 25.9 Å². The van der Waals surface area contributed by atoms with E-state index >= 15 is 0 Å². The number of hydroxylamine groups is 1. The molecule has 2 rings (SSSR count). The van der Waals surface area contributed by atoms with Gasteiger partial charge in [0, 0.05) is 5.56 Å². The molecular weight excluding hydrogens is 389 g/mol. The Hall–Kier alpha value is -2.91. The highest BCUT2D eigenvalue weighted by atomic mass is 19.4. The minimum absolute atomic E-state index is 0.0270. The fourth-order valence-electron chi connectivity index (χ4n) is 2.56. The van der Waals surface area contributed by atoms with E-state index in [9.17, 15) is 18.0 Å². The molecule has 0 spiro atoms. The first-order chi connectivity index (χ1) is 13.8. The van der Waals surface area contributed by atoms with Crippen molar-refractivity contribution in [3.63, 3.8) is 0 Å². The van der Waals surface area contributed by atoms with Crippen molar-refractivity contribution >= 4 is 11.7 Å². The van der Waals surface area contributed by atoms with Gasteiger partial charge in [-0.1, -0.05) is 41.6 Å². The lowest BCUT2D eigenvalue weighted by Gasteiger charge is -2.17. The van der Waals surface area contributed by atoms with Crippen LogP contribution in [0, 0.1) is 0 Å². The Balaban J connectivity index is 2.10. The zero-order chi connectivity index (χ0) is 21.4. The first kappa shape index (κ1) is 22.4. The molecule has 1 unspecified atom stereocenters. The molecule has 1 atom stereocenters. The Morgan fingerprint density at radius 2 is 1.86 bits per heavy atom. The van der Waals surface area contributed by atoms with E-state index < -0.39 is 23.8 Å². The SMILES string of the molecule is CO/N=C(\C(=O)OC)c1ccccc1CONC(C)c1cccc(C(F)(F)F)c1. The predicted octanol–water partition coefficient (Wildman–Crippen LogP) is 4.01. The van der Waals surface area contributed by atoms with Gasteiger partial charge in [-0.3, -0.25) is 4.84 Å². The third kappa shape index (κ3) is 6.03. The Morgan fingerprint density at radius 1 is 1.14 bits per heavy atom. The van der Waals surface area contributed by atoms with Gasteiger partial charge in [0.25, 0.3) is 0 Å². The van der Waals surface area contributed by atoms with Crippen LogP contribution in [0.2, 0.25) is 0 Å². The zero-order valence-electron chi connectivity index (χ0n) is 16.1. The molecule has 0 saturated heterocycles. The second kappa shape index (κ2) is 10.0. The number of oxime groups is 1. The van der Waals surface area contributed by atoms with Gasteiger partial charge in [0.2, 0.25) is 0 Å². The lowest BCUT2D eigenvalue weighted by atomic mass is 10.0. The van der Waals surface area contributed by atoms with Crippen molar-refractivity contribution in [3.05, 3.63) is 70.8 Å². The highest BCUT2D eigenvalue weighted by Gasteiger charge is 2.30. The van der Waals surface area contributed by atoms with Gasteiger partial charge in [0.1, 0.15) is 7.11 Å². The molecule has 0 aromatic heterocycles. The van der Waals surface area contributed by atoms with Gasteiger partial charge in [-0.15, -0.1) is 0 Å². The van der Waals surface area contributed by atoms with Crippen molar-refractivity contribution in [2.45, 2.75) is 25.7 Å². The molecule has 0 bridgehead atoms. The van der Waals surface area contributed by atoms with Gasteiger partial charge in [0.15, 0.2) is 5.71 Å². The molecule has 0 aliphatic heterocycles. The molecule has 2 aromatic rings. The molecule has 0 aliphatic rings. The lowest BCUT2D eigenvalue weighted by Crippen LogP contribution is -2.22. The molecule has 156 valence electrons. The van der Waals surface area contributed by atoms with Crippen molar-refractivity contribution in [2.24, 2.45) is 5.16 Å². The molecule has 2 aromatic carbocycles. The Kier molecular flexibility index (Phi) is 7.74. The molecule has 6 nitrogen and oxygen atoms in total. The van der Waals surface area contributed by atoms with Gasteiger partial charge >= 0.3 is 12.1 Å². The third-order valence-electron chi connectivity index (χ3n) is 4.04. The van der Waals surface area contributed by atoms with Gasteiger partial charge < -0.3 is 9.57 Å². The van der Waals surface area contributed by atoms with Crippen molar-refractivity contribution in [3.8, 4) is 0 Å². The number of nitrogens with zero attached hydrogens (tertiary/aromatic N) is 1. The van der Waals surface area contributed by atoms with Crippen LogP contribution in [0.4, 0.5) is 13.2 Å². The van der Waals surface area contributed by atoms with Crippen LogP contribution in [0.1, 0.15) is 35.2 Å². The van der Waals surface area contributed by atoms with Crippen molar-refractivity contribution < 1.29 is 32.4 Å². The van der Waals surface area contributed by atoms with Crippen molar-refractivity contribution in [2.75, 3.05) is 14.2 Å². The first-order valence-electron chi connectivity index (χ1n) is 8.60. The van der Waals surface area contributed by atoms with Crippen LogP contribution in [0.25, 0.3) is 0 Å². The second-order valence-electron chi connectivity index (χ2n) is 6.02. The van der Waals surface area contributed by atoms with E-state index in [0.29, 0.717) is 16.7 Å². The van der Waals surface area contributed by atoms with Crippen molar-refractivity contribution in [1.29, 1.82) is 0 Å². The maximum Gasteiger partial charge on any atom is 0.416 e. The fraction of sp³-hybridized carbons (Fsp3) is 0.300. The molecule has 0 fully saturated rings. The number of nitrogens with one attached hydrogen (secondary N) is 1. The van der Waals surface area contributed by atoms with E-state index in [4.69, 9.17) is 14.4 Å². The summed E-state index contributed by atoms with van der Waals surface area (Å²) >= 11 is 0. The topological polar surface area (TPSA) is 69.2 Å². The summed E-state index contributed by atoms with van der Waals surface area (Å²) in [4.78, 5) is 22.1. The second-order valence-corrected chi connectivity index (χ2v) is 6.02. The number of hydrogen-bond acceptors (Lipinski definition) is 6. The maximum atomic E-state index is 12.9. The fourth-order valence-corrected chi connectivity index (χ4v) is 2.56. The number of ether oxygens (including phenoxy) is 1. The van der Waals surface area contributed by atoms with E-state index in [1.165, 1.54) is 20.3 Å². The first-order valence-corrected chi connectivity index (χ1v) is 8.60. The summed E-state index contributed by atoms with van der Waals surface area (Å²) in [7, 11) is 2.53. The highest BCUT2D eigenvalue weighted by molar-refractivity contribution is 6.43. The number of carbonyl (C=O) groups is 1. The van der Waals surface area contributed by atoms with Crippen LogP contribution in [0.3, 0.4) is 0 Å². The number of methoxy groups -OCH3 is 1. The standard InChI is InChI=1S/C20H21F3N2O4/c1-13(14-8-6-9-16(11-14)20(21,22)23)24-29-12-15-7-4-5-10-17(15)18(25-28-3)19(26)27-2/h4-11,13,24H,12H2,1-3H3/b25-18-. The van der Waals surface area contributed by atoms with Gasteiger partial charge in [0.05, 0.1) is 25.3 Å². The zero-order valence-corrected chi connectivity index (χ0v) is 16.1. The number of hydrogen-bond donors (Lipinski definition) is 1. The minimum Gasteiger partial charge on any atom is -0.464 e. The predicted molar refractivity (Wildman–Crippen MR) is 99.8 cm³/mol. The number of esters is 1. The summed E-state index contributed by atoms with van der Waals surface area (Å²) in [6.07, 6.45) is -4.42. The molecule has 1 N–H and O–H groups in total. The molecule has 0 heterocycles. The smallest absolute Gasteiger partial charge is 0.416 e. The van der Waals surface area contributed by atoms with E-state index in [2.05, 4.69) is 10.6 Å². The van der Waals surface area contributed by atoms with Crippen LogP contribution in [0.5, 0.6) is 0 Å². The molecule has 0 radical (unpaired) electrons. The van der Waals surface area contributed by atoms with Crippen LogP contribution >= 0.6 is 0 Å². The molecular formula is C20H21F3N2O4. The largest absolute Gasteiger partial charge is 0.464 e. The van der Waals surface area contributed by atoms with Gasteiger partial charge in [-0.2, -0.15) is 18.7 Å². The Morgan fingerprint density at radius 3 is 2.52 bits per heavy atom. The Labute approximate surface area is 166 Å². The molecule has 29 heavy (non-hydrogen) atoms. The van der Waals surface area contributed by atoms with E-state index in [1.807, 2.05) is 0 Å². The average molecular weight is 410 g/mol. The summed E-state index contributed by atoms with van der Waals surface area (Å²) < 4.78 is 43.3. The summed E-state index contributed by atoms with van der Waals surface area (Å²) in [5.41, 5.74) is 3.44. The van der Waals surface area contributed by atoms with Gasteiger partial charge in [-0.25, -0.2) is 4.79 Å². The summed E-state index contributed by atoms with van der Waals surface area (Å²) in [5.74, 6) is -0.676. The minimum atomic E-state index is -4.42. The van der Waals surface area contributed by atoms with Crippen LogP contribution in [0.15, 0.2) is 53.7 Å². The lowest BCUT2D eigenvalue weighted by molar-refractivity contribution is -0.137. The quantitative estimate of drug-likeness (QED) is 0.405. The van der Waals surface area contributed by atoms with Crippen LogP contribution < -0.4 is 5.48 Å². The Bertz CT molecular complexity index is 869. The number of rotatable bonds is 8. The number of halogens is 3. The molecule has 0 saturated carbocycles.